The van der Waals surface area contributed by atoms with Crippen LogP contribution in [0.15, 0.2) is 41.6 Å². The van der Waals surface area contributed by atoms with Crippen LogP contribution in [0.1, 0.15) is 19.4 Å². The van der Waals surface area contributed by atoms with Crippen LogP contribution in [0.3, 0.4) is 0 Å². The molecule has 0 saturated heterocycles. The fourth-order valence-corrected chi connectivity index (χ4v) is 2.94. The largest absolute Gasteiger partial charge is 0.466 e. The van der Waals surface area contributed by atoms with Gasteiger partial charge in [0.15, 0.2) is 5.41 Å². The molecule has 0 aliphatic carbocycles. The summed E-state index contributed by atoms with van der Waals surface area (Å²) in [5, 5.41) is 0. The lowest BCUT2D eigenvalue weighted by Crippen LogP contribution is -2.43. The maximum Gasteiger partial charge on any atom is 0.355 e. The number of hydrogen-bond acceptors (Lipinski definition) is 7. The van der Waals surface area contributed by atoms with Gasteiger partial charge in [-0.15, -0.1) is 0 Å². The summed E-state index contributed by atoms with van der Waals surface area (Å²) in [4.78, 5) is 51.7. The first-order chi connectivity index (χ1) is 12.8. The number of methoxy groups -OCH3 is 2. The van der Waals surface area contributed by atoms with E-state index in [4.69, 9.17) is 14.2 Å². The minimum absolute atomic E-state index is 0.00238. The van der Waals surface area contributed by atoms with Gasteiger partial charge < -0.3 is 14.2 Å². The average Bonchev–Trinajstić information content (AvgIpc) is 2.90. The van der Waals surface area contributed by atoms with Gasteiger partial charge in [0.05, 0.1) is 32.9 Å². The number of benzene rings is 1. The van der Waals surface area contributed by atoms with Crippen molar-refractivity contribution in [2.75, 3.05) is 20.8 Å². The van der Waals surface area contributed by atoms with Gasteiger partial charge in [-0.3, -0.25) is 14.5 Å². The molecule has 1 aromatic carbocycles. The number of carbonyl (C=O) groups is 4. The van der Waals surface area contributed by atoms with E-state index in [2.05, 4.69) is 0 Å². The van der Waals surface area contributed by atoms with E-state index >= 15 is 0 Å². The number of hydrogen-bond donors (Lipinski definition) is 0. The Morgan fingerprint density at radius 1 is 1.04 bits per heavy atom. The third-order valence-corrected chi connectivity index (χ3v) is 4.32. The second kappa shape index (κ2) is 8.03. The molecule has 1 amide bonds. The van der Waals surface area contributed by atoms with Crippen LogP contribution in [0, 0.1) is 5.41 Å². The summed E-state index contributed by atoms with van der Waals surface area (Å²) < 4.78 is 14.5. The number of nitrogens with zero attached hydrogens (tertiary/aromatic N) is 1. The van der Waals surface area contributed by atoms with Gasteiger partial charge in [-0.05, 0) is 19.4 Å². The zero-order valence-electron chi connectivity index (χ0n) is 15.6. The summed E-state index contributed by atoms with van der Waals surface area (Å²) in [6, 6.07) is 8.83. The SMILES string of the molecule is CCOC(=O)C1(C)C(=O)N(Cc2ccccc2)C(C(=O)OC)=C1C(=O)OC. The van der Waals surface area contributed by atoms with Crippen LogP contribution in [0.4, 0.5) is 0 Å². The maximum absolute atomic E-state index is 13.2. The van der Waals surface area contributed by atoms with Crippen molar-refractivity contribution in [3.63, 3.8) is 0 Å². The summed E-state index contributed by atoms with van der Waals surface area (Å²) in [7, 11) is 2.22. The molecule has 27 heavy (non-hydrogen) atoms. The third-order valence-electron chi connectivity index (χ3n) is 4.32. The molecule has 0 saturated carbocycles. The third kappa shape index (κ3) is 3.42. The Labute approximate surface area is 156 Å². The van der Waals surface area contributed by atoms with Gasteiger partial charge in [-0.2, -0.15) is 0 Å². The Morgan fingerprint density at radius 2 is 1.63 bits per heavy atom. The van der Waals surface area contributed by atoms with Crippen LogP contribution in [0.2, 0.25) is 0 Å². The topological polar surface area (TPSA) is 99.2 Å². The van der Waals surface area contributed by atoms with E-state index in [1.54, 1.807) is 37.3 Å². The zero-order valence-corrected chi connectivity index (χ0v) is 15.6. The molecule has 1 heterocycles. The lowest BCUT2D eigenvalue weighted by atomic mass is 9.82. The van der Waals surface area contributed by atoms with Crippen LogP contribution in [0.25, 0.3) is 0 Å². The number of carbonyl (C=O) groups excluding carboxylic acids is 4. The maximum atomic E-state index is 13.2. The summed E-state index contributed by atoms with van der Waals surface area (Å²) >= 11 is 0. The first kappa shape index (κ1) is 20.2. The summed E-state index contributed by atoms with van der Waals surface area (Å²) in [6.45, 7) is 2.79. The molecule has 0 N–H and O–H groups in total. The highest BCUT2D eigenvalue weighted by Crippen LogP contribution is 2.43. The lowest BCUT2D eigenvalue weighted by molar-refractivity contribution is -0.161. The predicted molar refractivity (Wildman–Crippen MR) is 92.8 cm³/mol. The number of amides is 1. The summed E-state index contributed by atoms with van der Waals surface area (Å²) in [5.74, 6) is -3.60. The molecule has 1 aromatic rings. The molecule has 0 aromatic heterocycles. The van der Waals surface area contributed by atoms with Crippen LogP contribution < -0.4 is 0 Å². The molecule has 144 valence electrons. The Bertz CT molecular complexity index is 800. The van der Waals surface area contributed by atoms with Gasteiger partial charge in [0, 0.05) is 0 Å². The molecule has 1 aliphatic heterocycles. The first-order valence-electron chi connectivity index (χ1n) is 8.27. The zero-order chi connectivity index (χ0) is 20.2. The van der Waals surface area contributed by atoms with E-state index in [-0.39, 0.29) is 18.8 Å². The molecule has 1 unspecified atom stereocenters. The van der Waals surface area contributed by atoms with E-state index in [1.807, 2.05) is 0 Å². The second-order valence-electron chi connectivity index (χ2n) is 5.93. The smallest absolute Gasteiger partial charge is 0.355 e. The molecule has 8 nitrogen and oxygen atoms in total. The number of ether oxygens (including phenoxy) is 3. The van der Waals surface area contributed by atoms with E-state index in [1.165, 1.54) is 6.92 Å². The highest BCUT2D eigenvalue weighted by Gasteiger charge is 2.60. The Hall–Kier alpha value is -3.16. The molecule has 0 bridgehead atoms. The monoisotopic (exact) mass is 375 g/mol. The van der Waals surface area contributed by atoms with Gasteiger partial charge >= 0.3 is 17.9 Å². The predicted octanol–water partition coefficient (Wildman–Crippen LogP) is 1.20. The fraction of sp³-hybridized carbons (Fsp3) is 0.368. The van der Waals surface area contributed by atoms with Gasteiger partial charge in [0.1, 0.15) is 5.70 Å². The molecule has 0 spiro atoms. The van der Waals surface area contributed by atoms with Gasteiger partial charge in [-0.25, -0.2) is 9.59 Å². The average molecular weight is 375 g/mol. The van der Waals surface area contributed by atoms with Crippen molar-refractivity contribution in [3.8, 4) is 0 Å². The lowest BCUT2D eigenvalue weighted by Gasteiger charge is -2.24. The van der Waals surface area contributed by atoms with Crippen LogP contribution in [-0.4, -0.2) is 49.5 Å². The van der Waals surface area contributed by atoms with Crippen molar-refractivity contribution in [2.24, 2.45) is 5.41 Å². The van der Waals surface area contributed by atoms with E-state index in [9.17, 15) is 19.2 Å². The highest BCUT2D eigenvalue weighted by atomic mass is 16.5. The quantitative estimate of drug-likeness (QED) is 0.418. The minimum atomic E-state index is -2.01. The van der Waals surface area contributed by atoms with Crippen LogP contribution in [0.5, 0.6) is 0 Å². The first-order valence-corrected chi connectivity index (χ1v) is 8.27. The Balaban J connectivity index is 2.67. The van der Waals surface area contributed by atoms with E-state index in [0.717, 1.165) is 19.1 Å². The Kier molecular flexibility index (Phi) is 5.99. The molecular formula is C19H21NO7. The highest BCUT2D eigenvalue weighted by molar-refractivity contribution is 6.20. The summed E-state index contributed by atoms with van der Waals surface area (Å²) in [6.07, 6.45) is 0. The van der Waals surface area contributed by atoms with Gasteiger partial charge in [0.2, 0.25) is 5.91 Å². The van der Waals surface area contributed by atoms with Crippen molar-refractivity contribution < 1.29 is 33.4 Å². The van der Waals surface area contributed by atoms with Crippen molar-refractivity contribution in [2.45, 2.75) is 20.4 Å². The van der Waals surface area contributed by atoms with Crippen LogP contribution >= 0.6 is 0 Å². The molecule has 1 aliphatic rings. The molecular weight excluding hydrogens is 354 g/mol. The molecule has 1 atom stereocenters. The van der Waals surface area contributed by atoms with Gasteiger partial charge in [-0.1, -0.05) is 30.3 Å². The standard InChI is InChI=1S/C19H21NO7/c1-5-27-18(24)19(2)13(15(21)25-3)14(16(22)26-4)20(17(19)23)11-12-9-7-6-8-10-12/h6-10H,5,11H2,1-4H3. The van der Waals surface area contributed by atoms with E-state index < -0.39 is 34.8 Å². The minimum Gasteiger partial charge on any atom is -0.466 e. The van der Waals surface area contributed by atoms with Crippen molar-refractivity contribution in [3.05, 3.63) is 47.2 Å². The normalized spacial score (nSPS) is 19.1. The van der Waals surface area contributed by atoms with Crippen molar-refractivity contribution in [1.29, 1.82) is 0 Å². The van der Waals surface area contributed by atoms with E-state index in [0.29, 0.717) is 5.56 Å². The second-order valence-corrected chi connectivity index (χ2v) is 5.93. The van der Waals surface area contributed by atoms with Crippen molar-refractivity contribution >= 4 is 23.8 Å². The fourth-order valence-electron chi connectivity index (χ4n) is 2.94. The van der Waals surface area contributed by atoms with Crippen molar-refractivity contribution in [1.82, 2.24) is 4.90 Å². The molecule has 0 radical (unpaired) electrons. The molecule has 8 heteroatoms. The number of esters is 3. The summed E-state index contributed by atoms with van der Waals surface area (Å²) in [5.41, 5.74) is -2.03. The Morgan fingerprint density at radius 3 is 2.15 bits per heavy atom. The molecule has 2 rings (SSSR count). The molecule has 0 fully saturated rings. The van der Waals surface area contributed by atoms with Gasteiger partial charge in [0.25, 0.3) is 0 Å². The number of rotatable bonds is 6. The van der Waals surface area contributed by atoms with Crippen LogP contribution in [-0.2, 0) is 39.9 Å².